The van der Waals surface area contributed by atoms with Crippen molar-refractivity contribution in [1.82, 2.24) is 0 Å². The number of nitrogens with one attached hydrogen (secondary N) is 1. The number of carbonyl (C=O) groups is 1. The molecule has 0 bridgehead atoms. The van der Waals surface area contributed by atoms with Crippen molar-refractivity contribution < 1.29 is 9.21 Å². The highest BCUT2D eigenvalue weighted by Gasteiger charge is 2.03. The summed E-state index contributed by atoms with van der Waals surface area (Å²) in [5.41, 5.74) is 5.27. The molecule has 4 nitrogen and oxygen atoms in total. The Morgan fingerprint density at radius 1 is 1.62 bits per heavy atom. The minimum Gasteiger partial charge on any atom is -0.446 e. The number of furan rings is 1. The van der Waals surface area contributed by atoms with Gasteiger partial charge in [-0.25, -0.2) is 0 Å². The minimum atomic E-state index is -0.0557. The van der Waals surface area contributed by atoms with Gasteiger partial charge in [0.15, 0.2) is 5.88 Å². The van der Waals surface area contributed by atoms with Crippen LogP contribution >= 0.6 is 0 Å². The normalized spacial score (nSPS) is 10.0. The molecule has 1 rings (SSSR count). The molecule has 0 unspecified atom stereocenters. The second-order valence-electron chi connectivity index (χ2n) is 2.85. The van der Waals surface area contributed by atoms with E-state index < -0.39 is 0 Å². The fourth-order valence-electron chi connectivity index (χ4n) is 0.964. The molecule has 0 aromatic carbocycles. The lowest BCUT2D eigenvalue weighted by Crippen LogP contribution is -2.12. The number of rotatable bonds is 4. The fourth-order valence-corrected chi connectivity index (χ4v) is 0.964. The molecule has 0 spiro atoms. The average molecular weight is 182 g/mol. The van der Waals surface area contributed by atoms with Crippen LogP contribution in [0.25, 0.3) is 0 Å². The summed E-state index contributed by atoms with van der Waals surface area (Å²) in [4.78, 5) is 11.2. The van der Waals surface area contributed by atoms with Crippen molar-refractivity contribution in [2.24, 2.45) is 5.73 Å². The van der Waals surface area contributed by atoms with Crippen LogP contribution in [-0.2, 0) is 4.79 Å². The Morgan fingerprint density at radius 3 is 2.92 bits per heavy atom. The van der Waals surface area contributed by atoms with Gasteiger partial charge in [-0.2, -0.15) is 0 Å². The fraction of sp³-hybridized carbons (Fsp3) is 0.444. The van der Waals surface area contributed by atoms with Crippen LogP contribution in [0.2, 0.25) is 0 Å². The van der Waals surface area contributed by atoms with Crippen LogP contribution in [0.1, 0.15) is 18.6 Å². The van der Waals surface area contributed by atoms with Crippen molar-refractivity contribution in [3.8, 4) is 0 Å². The standard InChI is InChI=1S/C9H14N2O2/c1-7-4-5-9(13-7)11-8(12)3-2-6-10/h4-5H,2-3,6,10H2,1H3,(H,11,12). The minimum absolute atomic E-state index is 0.0557. The van der Waals surface area contributed by atoms with Crippen LogP contribution in [0, 0.1) is 6.92 Å². The average Bonchev–Trinajstić information content (AvgIpc) is 2.48. The third kappa shape index (κ3) is 3.29. The first-order chi connectivity index (χ1) is 6.22. The molecule has 0 radical (unpaired) electrons. The van der Waals surface area contributed by atoms with E-state index in [-0.39, 0.29) is 5.91 Å². The molecular weight excluding hydrogens is 168 g/mol. The molecule has 3 N–H and O–H groups in total. The number of amides is 1. The Kier molecular flexibility index (Phi) is 3.52. The van der Waals surface area contributed by atoms with Crippen molar-refractivity contribution in [1.29, 1.82) is 0 Å². The van der Waals surface area contributed by atoms with Gasteiger partial charge in [-0.15, -0.1) is 0 Å². The molecule has 0 saturated heterocycles. The number of hydrogen-bond acceptors (Lipinski definition) is 3. The largest absolute Gasteiger partial charge is 0.446 e. The van der Waals surface area contributed by atoms with Crippen LogP contribution in [0.3, 0.4) is 0 Å². The van der Waals surface area contributed by atoms with E-state index >= 15 is 0 Å². The van der Waals surface area contributed by atoms with E-state index in [2.05, 4.69) is 5.32 Å². The number of carbonyl (C=O) groups excluding carboxylic acids is 1. The SMILES string of the molecule is Cc1ccc(NC(=O)CCCN)o1. The van der Waals surface area contributed by atoms with Gasteiger partial charge in [0, 0.05) is 12.5 Å². The van der Waals surface area contributed by atoms with Crippen LogP contribution in [-0.4, -0.2) is 12.5 Å². The summed E-state index contributed by atoms with van der Waals surface area (Å²) in [5.74, 6) is 1.23. The second-order valence-corrected chi connectivity index (χ2v) is 2.85. The van der Waals surface area contributed by atoms with E-state index in [0.717, 1.165) is 5.76 Å². The van der Waals surface area contributed by atoms with E-state index in [0.29, 0.717) is 25.3 Å². The Bertz CT molecular complexity index is 281. The van der Waals surface area contributed by atoms with E-state index in [1.54, 1.807) is 12.1 Å². The topological polar surface area (TPSA) is 68.3 Å². The molecule has 72 valence electrons. The highest BCUT2D eigenvalue weighted by Crippen LogP contribution is 2.11. The van der Waals surface area contributed by atoms with Crippen LogP contribution in [0.5, 0.6) is 0 Å². The van der Waals surface area contributed by atoms with E-state index in [4.69, 9.17) is 10.2 Å². The molecule has 0 aliphatic heterocycles. The van der Waals surface area contributed by atoms with Gasteiger partial charge in [-0.1, -0.05) is 0 Å². The van der Waals surface area contributed by atoms with E-state index in [1.165, 1.54) is 0 Å². The Hall–Kier alpha value is -1.29. The quantitative estimate of drug-likeness (QED) is 0.736. The van der Waals surface area contributed by atoms with Crippen LogP contribution in [0.4, 0.5) is 5.88 Å². The molecule has 0 atom stereocenters. The second kappa shape index (κ2) is 4.67. The van der Waals surface area contributed by atoms with Gasteiger partial charge >= 0.3 is 0 Å². The maximum atomic E-state index is 11.2. The van der Waals surface area contributed by atoms with Gasteiger partial charge < -0.3 is 10.2 Å². The lowest BCUT2D eigenvalue weighted by Gasteiger charge is -1.99. The molecule has 1 aromatic heterocycles. The van der Waals surface area contributed by atoms with Gasteiger partial charge in [0.25, 0.3) is 0 Å². The highest BCUT2D eigenvalue weighted by atomic mass is 16.4. The monoisotopic (exact) mass is 182 g/mol. The summed E-state index contributed by atoms with van der Waals surface area (Å²) in [7, 11) is 0. The molecule has 4 heteroatoms. The van der Waals surface area contributed by atoms with Crippen LogP contribution < -0.4 is 11.1 Å². The summed E-state index contributed by atoms with van der Waals surface area (Å²) in [5, 5.41) is 2.64. The third-order valence-corrected chi connectivity index (χ3v) is 1.61. The third-order valence-electron chi connectivity index (χ3n) is 1.61. The van der Waals surface area contributed by atoms with Gasteiger partial charge in [-0.3, -0.25) is 10.1 Å². The van der Waals surface area contributed by atoms with Crippen molar-refractivity contribution in [2.45, 2.75) is 19.8 Å². The molecule has 0 fully saturated rings. The van der Waals surface area contributed by atoms with Gasteiger partial charge in [0.2, 0.25) is 5.91 Å². The number of hydrogen-bond donors (Lipinski definition) is 2. The van der Waals surface area contributed by atoms with Crippen molar-refractivity contribution in [3.05, 3.63) is 17.9 Å². The smallest absolute Gasteiger partial charge is 0.226 e. The number of anilines is 1. The molecular formula is C9H14N2O2. The molecule has 0 aliphatic rings. The molecule has 1 amide bonds. The molecule has 0 saturated carbocycles. The predicted octanol–water partition coefficient (Wildman–Crippen LogP) is 1.27. The zero-order valence-electron chi connectivity index (χ0n) is 7.67. The maximum Gasteiger partial charge on any atom is 0.226 e. The zero-order valence-corrected chi connectivity index (χ0v) is 7.67. The first-order valence-electron chi connectivity index (χ1n) is 4.28. The first-order valence-corrected chi connectivity index (χ1v) is 4.28. The zero-order chi connectivity index (χ0) is 9.68. The number of nitrogens with two attached hydrogens (primary N) is 1. The summed E-state index contributed by atoms with van der Waals surface area (Å²) >= 11 is 0. The molecule has 1 aromatic rings. The summed E-state index contributed by atoms with van der Waals surface area (Å²) in [6.45, 7) is 2.36. The molecule has 13 heavy (non-hydrogen) atoms. The lowest BCUT2D eigenvalue weighted by molar-refractivity contribution is -0.116. The lowest BCUT2D eigenvalue weighted by atomic mass is 10.3. The Morgan fingerprint density at radius 2 is 2.38 bits per heavy atom. The van der Waals surface area contributed by atoms with Crippen LogP contribution in [0.15, 0.2) is 16.5 Å². The Balaban J connectivity index is 2.36. The van der Waals surface area contributed by atoms with Gasteiger partial charge in [0.1, 0.15) is 5.76 Å². The van der Waals surface area contributed by atoms with Gasteiger partial charge in [-0.05, 0) is 26.0 Å². The molecule has 1 heterocycles. The van der Waals surface area contributed by atoms with Crippen molar-refractivity contribution in [2.75, 3.05) is 11.9 Å². The predicted molar refractivity (Wildman–Crippen MR) is 50.4 cm³/mol. The number of aryl methyl sites for hydroxylation is 1. The Labute approximate surface area is 77.1 Å². The van der Waals surface area contributed by atoms with E-state index in [1.807, 2.05) is 6.92 Å². The first kappa shape index (κ1) is 9.80. The van der Waals surface area contributed by atoms with E-state index in [9.17, 15) is 4.79 Å². The maximum absolute atomic E-state index is 11.2. The molecule has 0 aliphatic carbocycles. The van der Waals surface area contributed by atoms with Crippen molar-refractivity contribution in [3.63, 3.8) is 0 Å². The van der Waals surface area contributed by atoms with Crippen molar-refractivity contribution >= 4 is 11.8 Å². The summed E-state index contributed by atoms with van der Waals surface area (Å²) in [6, 6.07) is 3.54. The highest BCUT2D eigenvalue weighted by molar-refractivity contribution is 5.89. The summed E-state index contributed by atoms with van der Waals surface area (Å²) in [6.07, 6.45) is 1.14. The summed E-state index contributed by atoms with van der Waals surface area (Å²) < 4.78 is 5.17. The van der Waals surface area contributed by atoms with Gasteiger partial charge in [0.05, 0.1) is 0 Å².